The summed E-state index contributed by atoms with van der Waals surface area (Å²) >= 11 is 0. The number of hydrogen-bond acceptors (Lipinski definition) is 3. The fourth-order valence-electron chi connectivity index (χ4n) is 2.11. The van der Waals surface area contributed by atoms with Crippen molar-refractivity contribution in [3.8, 4) is 0 Å². The lowest BCUT2D eigenvalue weighted by Crippen LogP contribution is -2.28. The molecule has 0 spiro atoms. The molecule has 1 heterocycles. The Morgan fingerprint density at radius 1 is 1.23 bits per heavy atom. The van der Waals surface area contributed by atoms with Crippen LogP contribution in [0.5, 0.6) is 0 Å². The molecule has 118 valence electrons. The van der Waals surface area contributed by atoms with Gasteiger partial charge in [0, 0.05) is 6.07 Å². The number of benzene rings is 1. The largest absolute Gasteiger partial charge is 0.435 e. The maximum atomic E-state index is 12.6. The summed E-state index contributed by atoms with van der Waals surface area (Å²) in [4.78, 5) is 11.6. The van der Waals surface area contributed by atoms with E-state index in [4.69, 9.17) is 0 Å². The quantitative estimate of drug-likeness (QED) is 0.948. The molecule has 4 nitrogen and oxygen atoms in total. The molecule has 0 aliphatic rings. The molecule has 1 aromatic heterocycles. The molecular formula is C15H15F3N2O2. The minimum absolute atomic E-state index is 0.340. The fraction of sp³-hybridized carbons (Fsp3) is 0.333. The molecule has 1 atom stereocenters. The van der Waals surface area contributed by atoms with Crippen molar-refractivity contribution in [3.05, 3.63) is 63.1 Å². The minimum Gasteiger partial charge on any atom is -0.386 e. The summed E-state index contributed by atoms with van der Waals surface area (Å²) in [6.45, 7) is 3.28. The summed E-state index contributed by atoms with van der Waals surface area (Å²) in [7, 11) is 0. The van der Waals surface area contributed by atoms with Crippen LogP contribution in [0.4, 0.5) is 13.2 Å². The number of rotatable bonds is 3. The Morgan fingerprint density at radius 3 is 2.55 bits per heavy atom. The van der Waals surface area contributed by atoms with E-state index in [1.807, 2.05) is 13.0 Å². The lowest BCUT2D eigenvalue weighted by molar-refractivity contribution is -0.142. The molecule has 7 heteroatoms. The van der Waals surface area contributed by atoms with Gasteiger partial charge in [-0.1, -0.05) is 23.8 Å². The molecule has 0 aliphatic heterocycles. The van der Waals surface area contributed by atoms with E-state index in [0.717, 1.165) is 17.2 Å². The number of aromatic nitrogens is 2. The number of aliphatic hydroxyl groups is 1. The molecule has 2 rings (SSSR count). The number of aliphatic hydroxyl groups excluding tert-OH is 1. The Morgan fingerprint density at radius 2 is 1.91 bits per heavy atom. The predicted molar refractivity (Wildman–Crippen MR) is 74.4 cm³/mol. The van der Waals surface area contributed by atoms with Crippen molar-refractivity contribution in [2.75, 3.05) is 0 Å². The molecule has 1 aromatic carbocycles. The van der Waals surface area contributed by atoms with Gasteiger partial charge in [0.15, 0.2) is 5.69 Å². The highest BCUT2D eigenvalue weighted by Gasteiger charge is 2.33. The second kappa shape index (κ2) is 5.92. The zero-order chi connectivity index (χ0) is 16.5. The van der Waals surface area contributed by atoms with Crippen LogP contribution in [-0.4, -0.2) is 14.9 Å². The van der Waals surface area contributed by atoms with E-state index >= 15 is 0 Å². The number of hydrogen-bond donors (Lipinski definition) is 1. The second-order valence-corrected chi connectivity index (χ2v) is 5.11. The average Bonchev–Trinajstić information content (AvgIpc) is 2.42. The Balaban J connectivity index is 2.34. The molecular weight excluding hydrogens is 297 g/mol. The van der Waals surface area contributed by atoms with Gasteiger partial charge in [-0.15, -0.1) is 0 Å². The van der Waals surface area contributed by atoms with E-state index in [9.17, 15) is 23.1 Å². The first-order valence-corrected chi connectivity index (χ1v) is 6.59. The topological polar surface area (TPSA) is 55.1 Å². The van der Waals surface area contributed by atoms with Crippen molar-refractivity contribution in [2.45, 2.75) is 32.7 Å². The Bertz CT molecular complexity index is 738. The number of halogens is 3. The highest BCUT2D eigenvalue weighted by Crippen LogP contribution is 2.26. The van der Waals surface area contributed by atoms with Crippen molar-refractivity contribution >= 4 is 0 Å². The molecule has 2 aromatic rings. The third-order valence-electron chi connectivity index (χ3n) is 3.30. The molecule has 0 fully saturated rings. The van der Waals surface area contributed by atoms with Gasteiger partial charge in [-0.2, -0.15) is 18.3 Å². The molecule has 0 radical (unpaired) electrons. The number of alkyl halides is 3. The van der Waals surface area contributed by atoms with Crippen molar-refractivity contribution in [3.63, 3.8) is 0 Å². The number of aryl methyl sites for hydroxylation is 2. The van der Waals surface area contributed by atoms with Gasteiger partial charge in [0.2, 0.25) is 0 Å². The van der Waals surface area contributed by atoms with Gasteiger partial charge in [0.25, 0.3) is 5.56 Å². The fourth-order valence-corrected chi connectivity index (χ4v) is 2.11. The van der Waals surface area contributed by atoms with Crippen molar-refractivity contribution < 1.29 is 18.3 Å². The standard InChI is InChI=1S/C15H15F3N2O2/c1-9-3-4-10(2)11(7-9)12(21)8-20-14(22)6-5-13(19-20)15(16,17)18/h3-7,12,21H,8H2,1-2H3/t12-/m1/s1. The second-order valence-electron chi connectivity index (χ2n) is 5.11. The highest BCUT2D eigenvalue weighted by molar-refractivity contribution is 5.32. The van der Waals surface area contributed by atoms with Crippen LogP contribution < -0.4 is 5.56 Å². The Kier molecular flexibility index (Phi) is 4.37. The maximum absolute atomic E-state index is 12.6. The first-order valence-electron chi connectivity index (χ1n) is 6.59. The molecule has 0 unspecified atom stereocenters. The summed E-state index contributed by atoms with van der Waals surface area (Å²) in [5.74, 6) is 0. The Labute approximate surface area is 124 Å². The van der Waals surface area contributed by atoms with Gasteiger partial charge in [0.05, 0.1) is 12.6 Å². The first-order chi connectivity index (χ1) is 10.2. The zero-order valence-corrected chi connectivity index (χ0v) is 12.1. The third kappa shape index (κ3) is 3.54. The summed E-state index contributed by atoms with van der Waals surface area (Å²) in [6, 6.07) is 6.82. The van der Waals surface area contributed by atoms with E-state index in [1.54, 1.807) is 19.1 Å². The monoisotopic (exact) mass is 312 g/mol. The van der Waals surface area contributed by atoms with Crippen molar-refractivity contribution in [1.29, 1.82) is 0 Å². The Hall–Kier alpha value is -2.15. The van der Waals surface area contributed by atoms with Crippen molar-refractivity contribution in [2.24, 2.45) is 0 Å². The average molecular weight is 312 g/mol. The normalized spacial score (nSPS) is 13.2. The third-order valence-corrected chi connectivity index (χ3v) is 3.30. The summed E-state index contributed by atoms with van der Waals surface area (Å²) in [5, 5.41) is 13.5. The van der Waals surface area contributed by atoms with Gasteiger partial charge in [-0.05, 0) is 31.0 Å². The van der Waals surface area contributed by atoms with Crippen LogP contribution in [0.1, 0.15) is 28.5 Å². The smallest absolute Gasteiger partial charge is 0.386 e. The van der Waals surface area contributed by atoms with Gasteiger partial charge in [-0.25, -0.2) is 4.68 Å². The predicted octanol–water partition coefficient (Wildman–Crippen LogP) is 2.61. The molecule has 0 bridgehead atoms. The first kappa shape index (κ1) is 16.2. The van der Waals surface area contributed by atoms with Gasteiger partial charge >= 0.3 is 6.18 Å². The van der Waals surface area contributed by atoms with E-state index in [1.165, 1.54) is 0 Å². The molecule has 0 saturated carbocycles. The van der Waals surface area contributed by atoms with E-state index in [-0.39, 0.29) is 6.54 Å². The van der Waals surface area contributed by atoms with Crippen LogP contribution in [0, 0.1) is 13.8 Å². The van der Waals surface area contributed by atoms with E-state index in [0.29, 0.717) is 16.3 Å². The number of nitrogens with zero attached hydrogens (tertiary/aromatic N) is 2. The molecule has 22 heavy (non-hydrogen) atoms. The lowest BCUT2D eigenvalue weighted by atomic mass is 10.0. The van der Waals surface area contributed by atoms with Crippen molar-refractivity contribution in [1.82, 2.24) is 9.78 Å². The SMILES string of the molecule is Cc1ccc(C)c([C@H](O)Cn2nc(C(F)(F)F)ccc2=O)c1. The van der Waals surface area contributed by atoms with Gasteiger partial charge in [-0.3, -0.25) is 4.79 Å². The van der Waals surface area contributed by atoms with Crippen LogP contribution in [0.2, 0.25) is 0 Å². The van der Waals surface area contributed by atoms with Gasteiger partial charge < -0.3 is 5.11 Å². The summed E-state index contributed by atoms with van der Waals surface area (Å²) in [5.41, 5.74) is 0.394. The lowest BCUT2D eigenvalue weighted by Gasteiger charge is -2.16. The molecule has 0 aliphatic carbocycles. The molecule has 0 saturated heterocycles. The van der Waals surface area contributed by atoms with Gasteiger partial charge in [0.1, 0.15) is 0 Å². The van der Waals surface area contributed by atoms with Crippen LogP contribution >= 0.6 is 0 Å². The highest BCUT2D eigenvalue weighted by atomic mass is 19.4. The molecule has 1 N–H and O–H groups in total. The molecule has 0 amide bonds. The van der Waals surface area contributed by atoms with Crippen LogP contribution in [0.25, 0.3) is 0 Å². The van der Waals surface area contributed by atoms with Crippen LogP contribution in [0.15, 0.2) is 35.1 Å². The summed E-state index contributed by atoms with van der Waals surface area (Å²) < 4.78 is 38.5. The zero-order valence-electron chi connectivity index (χ0n) is 12.1. The van der Waals surface area contributed by atoms with E-state index in [2.05, 4.69) is 5.10 Å². The maximum Gasteiger partial charge on any atom is 0.435 e. The summed E-state index contributed by atoms with van der Waals surface area (Å²) in [6.07, 6.45) is -5.76. The van der Waals surface area contributed by atoms with E-state index < -0.39 is 23.5 Å². The van der Waals surface area contributed by atoms with Crippen LogP contribution in [-0.2, 0) is 12.7 Å². The van der Waals surface area contributed by atoms with Crippen LogP contribution in [0.3, 0.4) is 0 Å². The minimum atomic E-state index is -4.64.